The van der Waals surface area contributed by atoms with Crippen LogP contribution in [0, 0.1) is 0 Å². The molecule has 2 atom stereocenters. The third-order valence-corrected chi connectivity index (χ3v) is 6.12. The van der Waals surface area contributed by atoms with E-state index in [2.05, 4.69) is 10.6 Å². The summed E-state index contributed by atoms with van der Waals surface area (Å²) in [5.74, 6) is 1.26. The molecule has 3 aromatic rings. The number of carbonyl (C=O) groups is 1. The Kier molecular flexibility index (Phi) is 4.86. The molecule has 2 aliphatic rings. The van der Waals surface area contributed by atoms with E-state index in [4.69, 9.17) is 4.74 Å². The number of hydrogen-bond acceptors (Lipinski definition) is 5. The van der Waals surface area contributed by atoms with Crippen molar-refractivity contribution < 1.29 is 14.6 Å². The van der Waals surface area contributed by atoms with Crippen LogP contribution in [0.15, 0.2) is 84.1 Å². The quantitative estimate of drug-likeness (QED) is 0.539. The fourth-order valence-electron chi connectivity index (χ4n) is 4.52. The molecule has 3 aromatic carbocycles. The zero-order valence-corrected chi connectivity index (χ0v) is 17.3. The summed E-state index contributed by atoms with van der Waals surface area (Å²) in [7, 11) is 1.65. The number of phenols is 1. The van der Waals surface area contributed by atoms with Gasteiger partial charge in [-0.2, -0.15) is 0 Å². The fourth-order valence-corrected chi connectivity index (χ4v) is 4.52. The van der Waals surface area contributed by atoms with Crippen LogP contribution in [-0.4, -0.2) is 18.0 Å². The average molecular weight is 412 g/mol. The van der Waals surface area contributed by atoms with Crippen LogP contribution < -0.4 is 15.4 Å². The molecule has 0 unspecified atom stereocenters. The molecule has 0 saturated carbocycles. The molecule has 5 nitrogen and oxygen atoms in total. The van der Waals surface area contributed by atoms with E-state index in [0.717, 1.165) is 45.9 Å². The monoisotopic (exact) mass is 412 g/mol. The molecule has 0 fully saturated rings. The molecule has 5 rings (SSSR count). The number of ketones is 1. The minimum Gasteiger partial charge on any atom is -0.508 e. The van der Waals surface area contributed by atoms with Gasteiger partial charge in [-0.05, 0) is 59.9 Å². The first kappa shape index (κ1) is 19.2. The maximum absolute atomic E-state index is 13.5. The largest absolute Gasteiger partial charge is 0.508 e. The van der Waals surface area contributed by atoms with Crippen molar-refractivity contribution in [3.05, 3.63) is 95.2 Å². The van der Waals surface area contributed by atoms with Crippen LogP contribution >= 0.6 is 0 Å². The molecule has 3 N–H and O–H groups in total. The molecule has 0 radical (unpaired) electrons. The third kappa shape index (κ3) is 3.63. The summed E-state index contributed by atoms with van der Waals surface area (Å²) in [6.45, 7) is 0. The van der Waals surface area contributed by atoms with Gasteiger partial charge in [-0.25, -0.2) is 0 Å². The number of fused-ring (bicyclic) bond motifs is 1. The van der Waals surface area contributed by atoms with Gasteiger partial charge in [0.1, 0.15) is 11.5 Å². The Labute approximate surface area is 181 Å². The summed E-state index contributed by atoms with van der Waals surface area (Å²) in [6.07, 6.45) is 1.21. The number of rotatable bonds is 3. The predicted molar refractivity (Wildman–Crippen MR) is 122 cm³/mol. The van der Waals surface area contributed by atoms with Crippen molar-refractivity contribution in [2.24, 2.45) is 0 Å². The lowest BCUT2D eigenvalue weighted by Gasteiger charge is -2.30. The molecule has 0 amide bonds. The Balaban J connectivity index is 1.57. The Morgan fingerprint density at radius 2 is 1.55 bits per heavy atom. The molecule has 0 aromatic heterocycles. The molecule has 0 spiro atoms. The van der Waals surface area contributed by atoms with Crippen LogP contribution in [0.3, 0.4) is 0 Å². The number of benzene rings is 3. The highest BCUT2D eigenvalue weighted by atomic mass is 16.5. The topological polar surface area (TPSA) is 70.6 Å². The zero-order chi connectivity index (χ0) is 21.4. The minimum atomic E-state index is -0.281. The number of hydrogen-bond donors (Lipinski definition) is 3. The van der Waals surface area contributed by atoms with Gasteiger partial charge in [0.05, 0.1) is 24.5 Å². The van der Waals surface area contributed by atoms with E-state index in [9.17, 15) is 9.90 Å². The molecule has 31 heavy (non-hydrogen) atoms. The number of Topliss-reactive ketones (excluding diaryl/α,β-unsaturated/α-hetero) is 1. The Morgan fingerprint density at radius 1 is 0.871 bits per heavy atom. The number of phenolic OH excluding ortho intramolecular Hbond substituents is 1. The van der Waals surface area contributed by atoms with E-state index in [1.807, 2.05) is 60.7 Å². The van der Waals surface area contributed by atoms with Crippen molar-refractivity contribution >= 4 is 17.2 Å². The fraction of sp³-hybridized carbons (Fsp3) is 0.192. The number of para-hydroxylation sites is 2. The molecule has 156 valence electrons. The summed E-state index contributed by atoms with van der Waals surface area (Å²) in [5, 5.41) is 16.8. The van der Waals surface area contributed by atoms with Crippen molar-refractivity contribution in [2.75, 3.05) is 17.7 Å². The summed E-state index contributed by atoms with van der Waals surface area (Å²) in [4.78, 5) is 13.5. The first-order valence-corrected chi connectivity index (χ1v) is 10.4. The Bertz CT molecular complexity index is 1150. The van der Waals surface area contributed by atoms with Crippen LogP contribution in [0.25, 0.3) is 0 Å². The second-order valence-corrected chi connectivity index (χ2v) is 8.03. The molecule has 0 saturated heterocycles. The molecule has 1 heterocycles. The second kappa shape index (κ2) is 7.84. The van der Waals surface area contributed by atoms with E-state index in [0.29, 0.717) is 6.42 Å². The van der Waals surface area contributed by atoms with Gasteiger partial charge in [0.15, 0.2) is 5.78 Å². The third-order valence-electron chi connectivity index (χ3n) is 6.12. The van der Waals surface area contributed by atoms with Gasteiger partial charge in [-0.3, -0.25) is 4.79 Å². The minimum absolute atomic E-state index is 0.107. The number of anilines is 2. The SMILES string of the molecule is COc1ccc([C@@H]2CC(=O)C3=C(C2)Nc2ccccc2N[C@@H]3c2ccc(O)cc2)cc1. The maximum atomic E-state index is 13.5. The molecule has 5 heteroatoms. The van der Waals surface area contributed by atoms with E-state index in [1.54, 1.807) is 19.2 Å². The number of ether oxygens (including phenoxy) is 1. The first-order chi connectivity index (χ1) is 15.1. The van der Waals surface area contributed by atoms with E-state index in [1.165, 1.54) is 0 Å². The van der Waals surface area contributed by atoms with Crippen molar-refractivity contribution in [3.63, 3.8) is 0 Å². The van der Waals surface area contributed by atoms with Crippen molar-refractivity contribution in [1.82, 2.24) is 0 Å². The number of aromatic hydroxyl groups is 1. The van der Waals surface area contributed by atoms with Crippen LogP contribution in [0.2, 0.25) is 0 Å². The van der Waals surface area contributed by atoms with Crippen LogP contribution in [0.5, 0.6) is 11.5 Å². The molecular formula is C26H24N2O3. The van der Waals surface area contributed by atoms with Gasteiger partial charge in [0, 0.05) is 17.7 Å². The summed E-state index contributed by atoms with van der Waals surface area (Å²) in [5.41, 5.74) is 5.71. The second-order valence-electron chi connectivity index (χ2n) is 8.03. The number of methoxy groups -OCH3 is 1. The molecule has 0 bridgehead atoms. The maximum Gasteiger partial charge on any atom is 0.163 e. The molecule has 1 aliphatic heterocycles. The van der Waals surface area contributed by atoms with Crippen LogP contribution in [-0.2, 0) is 4.79 Å². The number of carbonyl (C=O) groups excluding carboxylic acids is 1. The van der Waals surface area contributed by atoms with Crippen molar-refractivity contribution in [2.45, 2.75) is 24.8 Å². The standard InChI is InChI=1S/C26H24N2O3/c1-31-20-12-8-16(9-13-20)18-14-23-25(24(30)15-18)26(17-6-10-19(29)11-7-17)28-22-5-3-2-4-21(22)27-23/h2-13,18,26-29H,14-15H2,1H3/t18-,26+/m0/s1. The highest BCUT2D eigenvalue weighted by molar-refractivity contribution is 6.01. The summed E-state index contributed by atoms with van der Waals surface area (Å²) < 4.78 is 5.28. The lowest BCUT2D eigenvalue weighted by atomic mass is 9.78. The normalized spacial score (nSPS) is 20.1. The van der Waals surface area contributed by atoms with Crippen molar-refractivity contribution in [3.8, 4) is 11.5 Å². The van der Waals surface area contributed by atoms with E-state index >= 15 is 0 Å². The lowest BCUT2D eigenvalue weighted by Crippen LogP contribution is -2.26. The van der Waals surface area contributed by atoms with Gasteiger partial charge < -0.3 is 20.5 Å². The van der Waals surface area contributed by atoms with Crippen LogP contribution in [0.1, 0.15) is 35.9 Å². The lowest BCUT2D eigenvalue weighted by molar-refractivity contribution is -0.116. The average Bonchev–Trinajstić information content (AvgIpc) is 2.96. The Morgan fingerprint density at radius 3 is 2.26 bits per heavy atom. The van der Waals surface area contributed by atoms with Crippen molar-refractivity contribution in [1.29, 1.82) is 0 Å². The Hall–Kier alpha value is -3.73. The zero-order valence-electron chi connectivity index (χ0n) is 17.3. The van der Waals surface area contributed by atoms with Crippen LogP contribution in [0.4, 0.5) is 11.4 Å². The van der Waals surface area contributed by atoms with Gasteiger partial charge >= 0.3 is 0 Å². The van der Waals surface area contributed by atoms with Gasteiger partial charge in [-0.15, -0.1) is 0 Å². The predicted octanol–water partition coefficient (Wildman–Crippen LogP) is 5.38. The van der Waals surface area contributed by atoms with Gasteiger partial charge in [0.2, 0.25) is 0 Å². The molecular weight excluding hydrogens is 388 g/mol. The van der Waals surface area contributed by atoms with Gasteiger partial charge in [0.25, 0.3) is 0 Å². The number of allylic oxidation sites excluding steroid dienone is 1. The highest BCUT2D eigenvalue weighted by Gasteiger charge is 2.36. The van der Waals surface area contributed by atoms with Gasteiger partial charge in [-0.1, -0.05) is 36.4 Å². The smallest absolute Gasteiger partial charge is 0.163 e. The van der Waals surface area contributed by atoms with E-state index in [-0.39, 0.29) is 23.5 Å². The summed E-state index contributed by atoms with van der Waals surface area (Å²) >= 11 is 0. The molecule has 1 aliphatic carbocycles. The number of nitrogens with one attached hydrogen (secondary N) is 2. The first-order valence-electron chi connectivity index (χ1n) is 10.4. The van der Waals surface area contributed by atoms with E-state index < -0.39 is 0 Å². The highest BCUT2D eigenvalue weighted by Crippen LogP contribution is 2.44. The summed E-state index contributed by atoms with van der Waals surface area (Å²) in [6, 6.07) is 22.8.